The summed E-state index contributed by atoms with van der Waals surface area (Å²) >= 11 is 0. The number of nitrogens with one attached hydrogen (secondary N) is 1. The molecule has 43 heavy (non-hydrogen) atoms. The Kier molecular flexibility index (Phi) is 10.6. The molecule has 11 nitrogen and oxygen atoms in total. The lowest BCUT2D eigenvalue weighted by Gasteiger charge is -2.28. The van der Waals surface area contributed by atoms with Gasteiger partial charge in [-0.2, -0.15) is 13.2 Å². The summed E-state index contributed by atoms with van der Waals surface area (Å²) < 4.78 is 62.8. The molecule has 3 rings (SSSR count). The van der Waals surface area contributed by atoms with Crippen LogP contribution in [-0.2, 0) is 21.5 Å². The number of fused-ring (bicyclic) bond motifs is 1. The van der Waals surface area contributed by atoms with E-state index in [1.54, 1.807) is 37.2 Å². The van der Waals surface area contributed by atoms with Crippen molar-refractivity contribution in [3.63, 3.8) is 0 Å². The van der Waals surface area contributed by atoms with Gasteiger partial charge in [0, 0.05) is 31.8 Å². The smallest absolute Gasteiger partial charge is 0.490 e. The number of aliphatic carboxylic acids is 2. The van der Waals surface area contributed by atoms with Crippen molar-refractivity contribution in [3.8, 4) is 17.2 Å². The number of hydrogen-bond donors (Lipinski definition) is 3. The van der Waals surface area contributed by atoms with Crippen LogP contribution in [0.25, 0.3) is 0 Å². The van der Waals surface area contributed by atoms with E-state index in [0.29, 0.717) is 28.1 Å². The van der Waals surface area contributed by atoms with Crippen LogP contribution in [0, 0.1) is 11.2 Å². The molecule has 0 amide bonds. The summed E-state index contributed by atoms with van der Waals surface area (Å²) in [6.45, 7) is 5.34. The third-order valence-electron chi connectivity index (χ3n) is 6.21. The lowest BCUT2D eigenvalue weighted by atomic mass is 9.84. The van der Waals surface area contributed by atoms with Crippen LogP contribution in [0.3, 0.4) is 0 Å². The molecule has 0 aromatic heterocycles. The fraction of sp³-hybridized carbons (Fsp3) is 0.429. The first-order valence-corrected chi connectivity index (χ1v) is 12.5. The van der Waals surface area contributed by atoms with Crippen molar-refractivity contribution < 1.29 is 56.4 Å². The number of carboxylic acids is 2. The Hall–Kier alpha value is -4.56. The number of amidine groups is 1. The Morgan fingerprint density at radius 2 is 1.60 bits per heavy atom. The molecular formula is C28H33F4N3O8. The minimum absolute atomic E-state index is 0.0854. The van der Waals surface area contributed by atoms with Gasteiger partial charge in [-0.05, 0) is 29.2 Å². The second-order valence-electron chi connectivity index (χ2n) is 10.6. The molecule has 0 fully saturated rings. The topological polar surface area (TPSA) is 150 Å². The van der Waals surface area contributed by atoms with E-state index in [-0.39, 0.29) is 41.8 Å². The Balaban J connectivity index is 0.000000821. The molecule has 0 radical (unpaired) electrons. The largest absolute Gasteiger partial charge is 0.493 e. The van der Waals surface area contributed by atoms with Crippen LogP contribution in [0.2, 0.25) is 0 Å². The van der Waals surface area contributed by atoms with Crippen LogP contribution >= 0.6 is 0 Å². The number of carboxylic acid groups (broad SMARTS) is 2. The van der Waals surface area contributed by atoms with Crippen LogP contribution in [0.5, 0.6) is 17.2 Å². The molecule has 236 valence electrons. The molecule has 3 N–H and O–H groups in total. The van der Waals surface area contributed by atoms with Crippen molar-refractivity contribution >= 4 is 29.2 Å². The number of ketones is 1. The lowest BCUT2D eigenvalue weighted by Crippen LogP contribution is -2.31. The minimum atomic E-state index is -5.08. The summed E-state index contributed by atoms with van der Waals surface area (Å²) in [7, 11) is 6.29. The van der Waals surface area contributed by atoms with Crippen molar-refractivity contribution in [3.05, 3.63) is 46.3 Å². The summed E-state index contributed by atoms with van der Waals surface area (Å²) in [5.74, 6) is -4.41. The van der Waals surface area contributed by atoms with Crippen molar-refractivity contribution in [2.75, 3.05) is 46.4 Å². The van der Waals surface area contributed by atoms with Crippen molar-refractivity contribution in [1.82, 2.24) is 4.90 Å². The van der Waals surface area contributed by atoms with E-state index in [2.05, 4.69) is 0 Å². The maximum Gasteiger partial charge on any atom is 0.490 e. The van der Waals surface area contributed by atoms with E-state index in [0.717, 1.165) is 0 Å². The number of carbonyl (C=O) groups excluding carboxylic acids is 1. The maximum atomic E-state index is 15.1. The first-order chi connectivity index (χ1) is 19.7. The molecule has 0 saturated heterocycles. The van der Waals surface area contributed by atoms with Crippen LogP contribution in [0.1, 0.15) is 47.8 Å². The quantitative estimate of drug-likeness (QED) is 0.275. The molecular weight excluding hydrogens is 582 g/mol. The highest BCUT2D eigenvalue weighted by Gasteiger charge is 2.38. The number of benzene rings is 2. The van der Waals surface area contributed by atoms with Gasteiger partial charge >= 0.3 is 18.1 Å². The van der Waals surface area contributed by atoms with E-state index in [4.69, 9.17) is 34.6 Å². The van der Waals surface area contributed by atoms with E-state index < -0.39 is 36.0 Å². The average molecular weight is 616 g/mol. The van der Waals surface area contributed by atoms with Gasteiger partial charge in [0.1, 0.15) is 11.6 Å². The van der Waals surface area contributed by atoms with E-state index >= 15 is 4.39 Å². The molecule has 2 aromatic carbocycles. The number of nitrogens with zero attached hydrogens (tertiary/aromatic N) is 2. The highest BCUT2D eigenvalue weighted by Crippen LogP contribution is 2.41. The fourth-order valence-electron chi connectivity index (χ4n) is 4.17. The van der Waals surface area contributed by atoms with Crippen LogP contribution in [0.4, 0.5) is 23.2 Å². The van der Waals surface area contributed by atoms with Crippen LogP contribution in [0.15, 0.2) is 18.2 Å². The number of alkyl halides is 3. The monoisotopic (exact) mass is 615 g/mol. The van der Waals surface area contributed by atoms with E-state index in [9.17, 15) is 22.8 Å². The Morgan fingerprint density at radius 3 is 2.05 bits per heavy atom. The van der Waals surface area contributed by atoms with Crippen LogP contribution < -0.4 is 19.1 Å². The highest BCUT2D eigenvalue weighted by molar-refractivity contribution is 6.06. The van der Waals surface area contributed by atoms with Gasteiger partial charge in [-0.15, -0.1) is 0 Å². The standard InChI is InChI=1S/C26H32FN3O6.C2HF3O2/c1-26(2,3)16-8-14(9-17(29(4)5)23(16)36-13-20(32)33)18(31)12-30-11-15-10-19(34-6)24(35-7)22(27)21(15)25(30)28;3-2(4,5)1(6)7/h8-10,28H,11-13H2,1-7H3,(H,32,33);(H,6,7). The molecule has 0 spiro atoms. The number of Topliss-reactive ketones (excluding diaryl/α,β-unsaturated/α-hetero) is 1. The van der Waals surface area contributed by atoms with Crippen molar-refractivity contribution in [2.45, 2.75) is 38.9 Å². The Morgan fingerprint density at radius 1 is 1.02 bits per heavy atom. The number of hydrogen-bond acceptors (Lipinski definition) is 8. The average Bonchev–Trinajstić information content (AvgIpc) is 3.20. The zero-order valence-electron chi connectivity index (χ0n) is 24.6. The molecule has 15 heteroatoms. The highest BCUT2D eigenvalue weighted by atomic mass is 19.4. The zero-order chi connectivity index (χ0) is 33.0. The van der Waals surface area contributed by atoms with Crippen LogP contribution in [-0.4, -0.2) is 86.3 Å². The van der Waals surface area contributed by atoms with Gasteiger partial charge in [-0.25, -0.2) is 14.0 Å². The predicted molar refractivity (Wildman–Crippen MR) is 147 cm³/mol. The number of methoxy groups -OCH3 is 2. The van der Waals surface area contributed by atoms with Gasteiger partial charge in [0.05, 0.1) is 32.0 Å². The molecule has 0 unspecified atom stereocenters. The Bertz CT molecular complexity index is 1420. The van der Waals surface area contributed by atoms with Gasteiger partial charge in [-0.1, -0.05) is 20.8 Å². The first kappa shape index (κ1) is 34.6. The zero-order valence-corrected chi connectivity index (χ0v) is 24.6. The third-order valence-corrected chi connectivity index (χ3v) is 6.21. The number of halogens is 4. The number of rotatable bonds is 9. The summed E-state index contributed by atoms with van der Waals surface area (Å²) in [5, 5.41) is 24.8. The van der Waals surface area contributed by atoms with Gasteiger partial charge < -0.3 is 34.2 Å². The summed E-state index contributed by atoms with van der Waals surface area (Å²) in [6, 6.07) is 4.97. The van der Waals surface area contributed by atoms with Crippen molar-refractivity contribution in [2.24, 2.45) is 0 Å². The summed E-state index contributed by atoms with van der Waals surface area (Å²) in [6.07, 6.45) is -5.08. The van der Waals surface area contributed by atoms with Crippen molar-refractivity contribution in [1.29, 1.82) is 5.41 Å². The third kappa shape index (κ3) is 8.05. The van der Waals surface area contributed by atoms with Gasteiger partial charge in [0.25, 0.3) is 0 Å². The van der Waals surface area contributed by atoms with E-state index in [1.165, 1.54) is 19.1 Å². The van der Waals surface area contributed by atoms with Gasteiger partial charge in [0.15, 0.2) is 29.7 Å². The molecule has 0 bridgehead atoms. The minimum Gasteiger partial charge on any atom is -0.493 e. The van der Waals surface area contributed by atoms with E-state index in [1.807, 2.05) is 20.8 Å². The Labute approximate surface area is 245 Å². The second-order valence-corrected chi connectivity index (χ2v) is 10.6. The summed E-state index contributed by atoms with van der Waals surface area (Å²) in [4.78, 5) is 36.7. The maximum absolute atomic E-state index is 15.1. The predicted octanol–water partition coefficient (Wildman–Crippen LogP) is 4.33. The second kappa shape index (κ2) is 13.2. The number of ether oxygens (including phenoxy) is 3. The number of carbonyl (C=O) groups is 3. The molecule has 0 aliphatic carbocycles. The molecule has 0 saturated carbocycles. The summed E-state index contributed by atoms with van der Waals surface area (Å²) in [5.41, 5.74) is 1.78. The molecule has 1 aliphatic rings. The normalized spacial score (nSPS) is 12.6. The van der Waals surface area contributed by atoms with Gasteiger partial charge in [-0.3, -0.25) is 10.2 Å². The number of anilines is 1. The molecule has 1 aliphatic heterocycles. The molecule has 2 aromatic rings. The lowest BCUT2D eigenvalue weighted by molar-refractivity contribution is -0.192. The fourth-order valence-corrected chi connectivity index (χ4v) is 4.17. The SMILES string of the molecule is COc1cc2c(c(F)c1OC)C(=N)N(CC(=O)c1cc(N(C)C)c(OCC(=O)O)c(C(C)(C)C)c1)C2.O=C(O)C(F)(F)F. The molecule has 0 atom stereocenters. The first-order valence-electron chi connectivity index (χ1n) is 12.5. The van der Waals surface area contributed by atoms with Gasteiger partial charge in [0.2, 0.25) is 0 Å². The molecule has 1 heterocycles.